The lowest BCUT2D eigenvalue weighted by Gasteiger charge is -2.28. The summed E-state index contributed by atoms with van der Waals surface area (Å²) < 4.78 is 26.3. The maximum atomic E-state index is 14.0. The van der Waals surface area contributed by atoms with Crippen LogP contribution in [-0.4, -0.2) is 45.2 Å². The molecule has 178 valence electrons. The number of nitrogens with one attached hydrogen (secondary N) is 2. The Balaban J connectivity index is 1.27. The van der Waals surface area contributed by atoms with Gasteiger partial charge < -0.3 is 19.8 Å². The number of benzene rings is 1. The smallest absolute Gasteiger partial charge is 0.140 e. The first-order valence-corrected chi connectivity index (χ1v) is 11.6. The zero-order valence-electron chi connectivity index (χ0n) is 19.4. The Hall–Kier alpha value is -3.30. The lowest BCUT2D eigenvalue weighted by Crippen LogP contribution is -2.32. The van der Waals surface area contributed by atoms with E-state index in [1.54, 1.807) is 31.2 Å². The second-order valence-corrected chi connectivity index (χ2v) is 8.79. The number of aromatic amines is 1. The fourth-order valence-corrected chi connectivity index (χ4v) is 4.87. The van der Waals surface area contributed by atoms with Gasteiger partial charge in [-0.05, 0) is 67.5 Å². The van der Waals surface area contributed by atoms with Crippen molar-refractivity contribution in [3.05, 3.63) is 59.9 Å². The molecular formula is C25H29FN6O2. The van der Waals surface area contributed by atoms with Gasteiger partial charge in [-0.25, -0.2) is 14.1 Å². The average molecular weight is 465 g/mol. The van der Waals surface area contributed by atoms with Gasteiger partial charge in [0.15, 0.2) is 0 Å². The summed E-state index contributed by atoms with van der Waals surface area (Å²) >= 11 is 0. The Morgan fingerprint density at radius 3 is 2.76 bits per heavy atom. The van der Waals surface area contributed by atoms with Crippen LogP contribution in [0.25, 0.3) is 22.2 Å². The molecule has 3 heterocycles. The molecule has 34 heavy (non-hydrogen) atoms. The third kappa shape index (κ3) is 4.67. The second-order valence-electron chi connectivity index (χ2n) is 8.79. The SMILES string of the molecule is COCn1cc(CNC2CCC(c3cc4c(-c5cc(F)ccc5OC)ccnc4[nH]3)CC2)nn1. The van der Waals surface area contributed by atoms with Crippen molar-refractivity contribution in [2.24, 2.45) is 0 Å². The first kappa shape index (κ1) is 22.5. The number of H-pyrrole nitrogens is 1. The van der Waals surface area contributed by atoms with Gasteiger partial charge in [0.25, 0.3) is 0 Å². The minimum Gasteiger partial charge on any atom is -0.496 e. The summed E-state index contributed by atoms with van der Waals surface area (Å²) in [6.07, 6.45) is 8.00. The van der Waals surface area contributed by atoms with E-state index in [1.165, 1.54) is 17.8 Å². The Morgan fingerprint density at radius 2 is 1.97 bits per heavy atom. The first-order valence-electron chi connectivity index (χ1n) is 11.6. The highest BCUT2D eigenvalue weighted by atomic mass is 19.1. The van der Waals surface area contributed by atoms with E-state index in [-0.39, 0.29) is 5.82 Å². The minimum atomic E-state index is -0.288. The van der Waals surface area contributed by atoms with Crippen LogP contribution in [-0.2, 0) is 18.0 Å². The molecule has 0 unspecified atom stereocenters. The fourth-order valence-electron chi connectivity index (χ4n) is 4.87. The van der Waals surface area contributed by atoms with Gasteiger partial charge in [-0.2, -0.15) is 0 Å². The first-order chi connectivity index (χ1) is 16.6. The number of fused-ring (bicyclic) bond motifs is 1. The predicted octanol–water partition coefficient (Wildman–Crippen LogP) is 4.39. The average Bonchev–Trinajstić information content (AvgIpc) is 3.50. The van der Waals surface area contributed by atoms with E-state index < -0.39 is 0 Å². The molecule has 0 aliphatic heterocycles. The van der Waals surface area contributed by atoms with E-state index in [1.807, 2.05) is 12.3 Å². The molecule has 0 saturated heterocycles. The number of hydrogen-bond donors (Lipinski definition) is 2. The lowest BCUT2D eigenvalue weighted by molar-refractivity contribution is 0.119. The van der Waals surface area contributed by atoms with Crippen molar-refractivity contribution in [3.8, 4) is 16.9 Å². The van der Waals surface area contributed by atoms with Crippen LogP contribution in [0.1, 0.15) is 43.0 Å². The van der Waals surface area contributed by atoms with Gasteiger partial charge in [0.05, 0.1) is 19.0 Å². The van der Waals surface area contributed by atoms with Crippen molar-refractivity contribution in [1.82, 2.24) is 30.3 Å². The molecule has 0 radical (unpaired) electrons. The number of aromatic nitrogens is 5. The van der Waals surface area contributed by atoms with Gasteiger partial charge in [0, 0.05) is 42.5 Å². The summed E-state index contributed by atoms with van der Waals surface area (Å²) in [5.74, 6) is 0.797. The van der Waals surface area contributed by atoms with Crippen molar-refractivity contribution < 1.29 is 13.9 Å². The molecule has 4 aromatic rings. The molecule has 8 nitrogen and oxygen atoms in total. The highest BCUT2D eigenvalue weighted by Crippen LogP contribution is 2.38. The molecule has 2 N–H and O–H groups in total. The van der Waals surface area contributed by atoms with Crippen molar-refractivity contribution in [2.75, 3.05) is 14.2 Å². The van der Waals surface area contributed by atoms with E-state index in [0.29, 0.717) is 31.0 Å². The third-order valence-corrected chi connectivity index (χ3v) is 6.59. The number of rotatable bonds is 8. The van der Waals surface area contributed by atoms with Gasteiger partial charge >= 0.3 is 0 Å². The van der Waals surface area contributed by atoms with Gasteiger partial charge in [0.2, 0.25) is 0 Å². The molecule has 9 heteroatoms. The van der Waals surface area contributed by atoms with E-state index in [0.717, 1.165) is 53.5 Å². The van der Waals surface area contributed by atoms with Gasteiger partial charge in [0.1, 0.15) is 23.9 Å². The quantitative estimate of drug-likeness (QED) is 0.402. The predicted molar refractivity (Wildman–Crippen MR) is 127 cm³/mol. The lowest BCUT2D eigenvalue weighted by atomic mass is 9.84. The van der Waals surface area contributed by atoms with E-state index >= 15 is 0 Å². The molecule has 0 atom stereocenters. The Bertz CT molecular complexity index is 1260. The minimum absolute atomic E-state index is 0.288. The number of halogens is 1. The summed E-state index contributed by atoms with van der Waals surface area (Å²) in [6, 6.07) is 9.15. The Kier molecular flexibility index (Phi) is 6.55. The summed E-state index contributed by atoms with van der Waals surface area (Å²) in [4.78, 5) is 8.04. The highest BCUT2D eigenvalue weighted by molar-refractivity contribution is 5.95. The zero-order chi connectivity index (χ0) is 23.5. The molecule has 0 bridgehead atoms. The van der Waals surface area contributed by atoms with E-state index in [4.69, 9.17) is 9.47 Å². The number of ether oxygens (including phenoxy) is 2. The molecule has 1 aliphatic carbocycles. The molecular weight excluding hydrogens is 435 g/mol. The zero-order valence-corrected chi connectivity index (χ0v) is 19.4. The van der Waals surface area contributed by atoms with Gasteiger partial charge in [-0.1, -0.05) is 5.21 Å². The molecule has 3 aromatic heterocycles. The van der Waals surface area contributed by atoms with Crippen LogP contribution in [0.2, 0.25) is 0 Å². The van der Waals surface area contributed by atoms with Crippen molar-refractivity contribution in [2.45, 2.75) is 50.9 Å². The van der Waals surface area contributed by atoms with Crippen molar-refractivity contribution >= 4 is 11.0 Å². The van der Waals surface area contributed by atoms with Crippen LogP contribution < -0.4 is 10.1 Å². The summed E-state index contributed by atoms with van der Waals surface area (Å²) in [5.41, 5.74) is 4.57. The Labute approximate surface area is 197 Å². The molecule has 5 rings (SSSR count). The normalized spacial score (nSPS) is 18.4. The van der Waals surface area contributed by atoms with Crippen LogP contribution in [0.3, 0.4) is 0 Å². The molecule has 1 aliphatic rings. The van der Waals surface area contributed by atoms with E-state index in [9.17, 15) is 4.39 Å². The monoisotopic (exact) mass is 464 g/mol. The number of hydrogen-bond acceptors (Lipinski definition) is 6. The second kappa shape index (κ2) is 9.90. The molecule has 1 fully saturated rings. The summed E-state index contributed by atoms with van der Waals surface area (Å²) in [7, 11) is 3.24. The highest BCUT2D eigenvalue weighted by Gasteiger charge is 2.24. The number of pyridine rings is 1. The summed E-state index contributed by atoms with van der Waals surface area (Å²) in [5, 5.41) is 12.8. The van der Waals surface area contributed by atoms with Crippen LogP contribution in [0.15, 0.2) is 42.7 Å². The number of methoxy groups -OCH3 is 2. The maximum Gasteiger partial charge on any atom is 0.140 e. The molecule has 1 aromatic carbocycles. The van der Waals surface area contributed by atoms with Gasteiger partial charge in [-0.15, -0.1) is 5.10 Å². The van der Waals surface area contributed by atoms with Crippen LogP contribution in [0, 0.1) is 5.82 Å². The Morgan fingerprint density at radius 1 is 1.12 bits per heavy atom. The van der Waals surface area contributed by atoms with E-state index in [2.05, 4.69) is 31.7 Å². The van der Waals surface area contributed by atoms with Crippen molar-refractivity contribution in [1.29, 1.82) is 0 Å². The van der Waals surface area contributed by atoms with Crippen LogP contribution in [0.5, 0.6) is 5.75 Å². The molecule has 0 amide bonds. The number of nitrogens with zero attached hydrogens (tertiary/aromatic N) is 4. The summed E-state index contributed by atoms with van der Waals surface area (Å²) in [6.45, 7) is 1.11. The molecule has 0 spiro atoms. The standard InChI is InChI=1S/C25H29FN6O2/c1-33-15-32-14-19(30-31-32)13-28-18-6-3-16(4-7-18)23-12-22-20(9-10-27-25(22)29-23)21-11-17(26)5-8-24(21)34-2/h5,8-12,14,16,18,28H,3-4,6-7,13,15H2,1-2H3,(H,27,29). The van der Waals surface area contributed by atoms with Crippen LogP contribution in [0.4, 0.5) is 4.39 Å². The van der Waals surface area contributed by atoms with Gasteiger partial charge in [-0.3, -0.25) is 0 Å². The largest absolute Gasteiger partial charge is 0.496 e. The molecule has 1 saturated carbocycles. The van der Waals surface area contributed by atoms with Crippen LogP contribution >= 0.6 is 0 Å². The third-order valence-electron chi connectivity index (χ3n) is 6.59. The fraction of sp³-hybridized carbons (Fsp3) is 0.400. The maximum absolute atomic E-state index is 14.0. The van der Waals surface area contributed by atoms with Crippen molar-refractivity contribution in [3.63, 3.8) is 0 Å². The topological polar surface area (TPSA) is 89.9 Å².